The first-order chi connectivity index (χ1) is 8.59. The van der Waals surface area contributed by atoms with Crippen LogP contribution >= 0.6 is 0 Å². The van der Waals surface area contributed by atoms with Crippen LogP contribution in [-0.4, -0.2) is 0 Å². The highest BCUT2D eigenvalue weighted by atomic mass is 14.9. The number of benzene rings is 1. The highest BCUT2D eigenvalue weighted by Gasteiger charge is 2.17. The van der Waals surface area contributed by atoms with Gasteiger partial charge in [-0.25, -0.2) is 4.57 Å². The molecule has 1 aromatic heterocycles. The highest BCUT2D eigenvalue weighted by molar-refractivity contribution is 5.64. The highest BCUT2D eigenvalue weighted by Crippen LogP contribution is 2.24. The van der Waals surface area contributed by atoms with Gasteiger partial charge in [0.05, 0.1) is 0 Å². The average Bonchev–Trinajstić information content (AvgIpc) is 2.30. The molecule has 0 saturated carbocycles. The Bertz CT molecular complexity index is 541. The van der Waals surface area contributed by atoms with Gasteiger partial charge in [-0.15, -0.1) is 0 Å². The van der Waals surface area contributed by atoms with Crippen LogP contribution in [0.1, 0.15) is 25.0 Å². The first-order valence-corrected chi connectivity index (χ1v) is 6.63. The molecule has 0 spiro atoms. The number of nitrogens with zero attached hydrogens (tertiary/aromatic N) is 1. The Morgan fingerprint density at radius 2 is 1.78 bits per heavy atom. The topological polar surface area (TPSA) is 3.88 Å². The molecule has 0 aliphatic rings. The summed E-state index contributed by atoms with van der Waals surface area (Å²) >= 11 is 0. The molecular formula is C17H22N+. The van der Waals surface area contributed by atoms with Crippen LogP contribution in [0.5, 0.6) is 0 Å². The van der Waals surface area contributed by atoms with Crippen molar-refractivity contribution in [2.45, 2.75) is 27.2 Å². The van der Waals surface area contributed by atoms with Crippen LogP contribution in [0.3, 0.4) is 0 Å². The molecule has 1 nitrogen and oxygen atoms in total. The average molecular weight is 240 g/mol. The molecule has 1 heterocycles. The van der Waals surface area contributed by atoms with E-state index in [9.17, 15) is 0 Å². The van der Waals surface area contributed by atoms with Gasteiger partial charge in [-0.05, 0) is 37.0 Å². The van der Waals surface area contributed by atoms with Gasteiger partial charge in [-0.3, -0.25) is 0 Å². The minimum Gasteiger partial charge on any atom is -0.201 e. The minimum absolute atomic E-state index is 0.676. The van der Waals surface area contributed by atoms with E-state index < -0.39 is 0 Å². The van der Waals surface area contributed by atoms with Crippen LogP contribution in [0, 0.1) is 12.8 Å². The summed E-state index contributed by atoms with van der Waals surface area (Å²) in [6.45, 7) is 6.73. The quantitative estimate of drug-likeness (QED) is 0.720. The van der Waals surface area contributed by atoms with Crippen molar-refractivity contribution in [1.29, 1.82) is 0 Å². The number of aryl methyl sites for hydroxylation is 2. The van der Waals surface area contributed by atoms with Crippen molar-refractivity contribution in [3.05, 3.63) is 53.7 Å². The number of aromatic nitrogens is 1. The van der Waals surface area contributed by atoms with Gasteiger partial charge in [0.2, 0.25) is 5.69 Å². The Labute approximate surface area is 110 Å². The molecule has 94 valence electrons. The largest absolute Gasteiger partial charge is 0.215 e. The minimum atomic E-state index is 0.676. The van der Waals surface area contributed by atoms with Crippen molar-refractivity contribution in [1.82, 2.24) is 0 Å². The van der Waals surface area contributed by atoms with E-state index in [1.54, 1.807) is 0 Å². The zero-order valence-corrected chi connectivity index (χ0v) is 11.8. The van der Waals surface area contributed by atoms with Gasteiger partial charge >= 0.3 is 0 Å². The number of rotatable bonds is 3. The van der Waals surface area contributed by atoms with Crippen molar-refractivity contribution < 1.29 is 4.57 Å². The maximum absolute atomic E-state index is 2.27. The summed E-state index contributed by atoms with van der Waals surface area (Å²) in [5, 5.41) is 0. The van der Waals surface area contributed by atoms with E-state index in [0.717, 1.165) is 6.42 Å². The molecule has 0 aliphatic heterocycles. The molecule has 2 rings (SSSR count). The second-order valence-electron chi connectivity index (χ2n) is 5.41. The summed E-state index contributed by atoms with van der Waals surface area (Å²) in [4.78, 5) is 0. The first-order valence-electron chi connectivity index (χ1n) is 6.63. The van der Waals surface area contributed by atoms with Crippen LogP contribution < -0.4 is 4.57 Å². The van der Waals surface area contributed by atoms with Crippen molar-refractivity contribution in [2.75, 3.05) is 0 Å². The van der Waals surface area contributed by atoms with Crippen LogP contribution in [0.15, 0.2) is 42.6 Å². The predicted molar refractivity (Wildman–Crippen MR) is 76.3 cm³/mol. The van der Waals surface area contributed by atoms with Crippen LogP contribution in [0.25, 0.3) is 11.3 Å². The number of hydrogen-bond acceptors (Lipinski definition) is 0. The first kappa shape index (κ1) is 12.8. The van der Waals surface area contributed by atoms with Gasteiger partial charge in [0.1, 0.15) is 7.05 Å². The number of hydrogen-bond donors (Lipinski definition) is 0. The van der Waals surface area contributed by atoms with Crippen molar-refractivity contribution in [3.8, 4) is 11.3 Å². The number of pyridine rings is 1. The third-order valence-corrected chi connectivity index (χ3v) is 3.29. The van der Waals surface area contributed by atoms with E-state index in [4.69, 9.17) is 0 Å². The maximum atomic E-state index is 2.27. The molecule has 0 unspecified atom stereocenters. The lowest BCUT2D eigenvalue weighted by Gasteiger charge is -2.11. The third-order valence-electron chi connectivity index (χ3n) is 3.29. The van der Waals surface area contributed by atoms with Gasteiger partial charge in [0, 0.05) is 17.2 Å². The standard InChI is InChI=1S/C17H22N/c1-13(2)12-15-9-7-11-18(4)17(15)16-10-6-5-8-14(16)3/h5-11,13H,12H2,1-4H3/q+1. The summed E-state index contributed by atoms with van der Waals surface area (Å²) in [5.74, 6) is 0.676. The van der Waals surface area contributed by atoms with Crippen LogP contribution in [0.2, 0.25) is 0 Å². The Morgan fingerprint density at radius 1 is 1.06 bits per heavy atom. The van der Waals surface area contributed by atoms with E-state index in [0.29, 0.717) is 5.92 Å². The van der Waals surface area contributed by atoms with Gasteiger partial charge in [-0.1, -0.05) is 32.0 Å². The second-order valence-corrected chi connectivity index (χ2v) is 5.41. The van der Waals surface area contributed by atoms with Gasteiger partial charge in [0.25, 0.3) is 0 Å². The fourth-order valence-corrected chi connectivity index (χ4v) is 2.47. The normalized spacial score (nSPS) is 10.9. The Balaban J connectivity index is 2.59. The zero-order chi connectivity index (χ0) is 13.1. The summed E-state index contributed by atoms with van der Waals surface area (Å²) in [7, 11) is 2.13. The van der Waals surface area contributed by atoms with E-state index in [-0.39, 0.29) is 0 Å². The molecule has 2 aromatic rings. The van der Waals surface area contributed by atoms with Crippen molar-refractivity contribution in [3.63, 3.8) is 0 Å². The molecule has 1 heteroatoms. The maximum Gasteiger partial charge on any atom is 0.215 e. The fraction of sp³-hybridized carbons (Fsp3) is 0.353. The van der Waals surface area contributed by atoms with Crippen molar-refractivity contribution in [2.24, 2.45) is 13.0 Å². The van der Waals surface area contributed by atoms with E-state index in [2.05, 4.69) is 75.0 Å². The van der Waals surface area contributed by atoms with Gasteiger partial charge in [-0.2, -0.15) is 0 Å². The van der Waals surface area contributed by atoms with Gasteiger partial charge in [0.15, 0.2) is 6.20 Å². The summed E-state index contributed by atoms with van der Waals surface area (Å²) in [6.07, 6.45) is 3.25. The molecular weight excluding hydrogens is 218 g/mol. The lowest BCUT2D eigenvalue weighted by Crippen LogP contribution is -2.32. The Morgan fingerprint density at radius 3 is 2.44 bits per heavy atom. The van der Waals surface area contributed by atoms with E-state index >= 15 is 0 Å². The van der Waals surface area contributed by atoms with Crippen molar-refractivity contribution >= 4 is 0 Å². The Hall–Kier alpha value is -1.63. The molecule has 0 bridgehead atoms. The summed E-state index contributed by atoms with van der Waals surface area (Å²) in [6, 6.07) is 13.0. The predicted octanol–water partition coefficient (Wildman–Crippen LogP) is 3.69. The fourth-order valence-electron chi connectivity index (χ4n) is 2.47. The molecule has 0 fully saturated rings. The Kier molecular flexibility index (Phi) is 3.81. The third kappa shape index (κ3) is 2.61. The van der Waals surface area contributed by atoms with E-state index in [1.165, 1.54) is 22.4 Å². The molecule has 0 N–H and O–H groups in total. The molecule has 0 radical (unpaired) electrons. The molecule has 1 aromatic carbocycles. The molecule has 0 saturated heterocycles. The monoisotopic (exact) mass is 240 g/mol. The molecule has 0 atom stereocenters. The summed E-state index contributed by atoms with van der Waals surface area (Å²) < 4.78 is 2.24. The molecule has 18 heavy (non-hydrogen) atoms. The SMILES string of the molecule is Cc1ccccc1-c1c(CC(C)C)ccc[n+]1C. The molecule has 0 amide bonds. The second kappa shape index (κ2) is 5.34. The molecule has 0 aliphatic carbocycles. The van der Waals surface area contributed by atoms with Crippen LogP contribution in [-0.2, 0) is 13.5 Å². The van der Waals surface area contributed by atoms with Gasteiger partial charge < -0.3 is 0 Å². The summed E-state index contributed by atoms with van der Waals surface area (Å²) in [5.41, 5.74) is 5.47. The van der Waals surface area contributed by atoms with E-state index in [1.807, 2.05) is 0 Å². The van der Waals surface area contributed by atoms with Crippen LogP contribution in [0.4, 0.5) is 0 Å². The lowest BCUT2D eigenvalue weighted by atomic mass is 9.95. The smallest absolute Gasteiger partial charge is 0.201 e. The lowest BCUT2D eigenvalue weighted by molar-refractivity contribution is -0.660. The zero-order valence-electron chi connectivity index (χ0n) is 11.8.